The summed E-state index contributed by atoms with van der Waals surface area (Å²) in [5, 5.41) is 3.00. The van der Waals surface area contributed by atoms with E-state index < -0.39 is 28.0 Å². The van der Waals surface area contributed by atoms with Crippen molar-refractivity contribution in [3.8, 4) is 0 Å². The Morgan fingerprint density at radius 1 is 1.22 bits per heavy atom. The van der Waals surface area contributed by atoms with Crippen LogP contribution in [-0.4, -0.2) is 80.5 Å². The lowest BCUT2D eigenvalue weighted by Crippen LogP contribution is -2.67. The Kier molecular flexibility index (Phi) is 8.66. The molecule has 1 aliphatic heterocycles. The maximum atomic E-state index is 14.9. The van der Waals surface area contributed by atoms with Gasteiger partial charge in [-0.2, -0.15) is 4.31 Å². The number of sulfonamides is 1. The van der Waals surface area contributed by atoms with Crippen molar-refractivity contribution in [2.24, 2.45) is 0 Å². The van der Waals surface area contributed by atoms with E-state index in [1.807, 2.05) is 13.0 Å². The molecule has 3 rings (SSSR count). The first-order valence-electron chi connectivity index (χ1n) is 11.6. The van der Waals surface area contributed by atoms with Crippen LogP contribution in [0.4, 0.5) is 4.39 Å². The van der Waals surface area contributed by atoms with Crippen molar-refractivity contribution in [1.82, 2.24) is 14.5 Å². The molecule has 1 amide bonds. The molecule has 3 unspecified atom stereocenters. The number of alkyl halides is 1. The van der Waals surface area contributed by atoms with E-state index >= 15 is 0 Å². The number of nitrogens with one attached hydrogen (secondary N) is 1. The molecule has 1 aliphatic carbocycles. The maximum absolute atomic E-state index is 14.9. The molecule has 1 saturated heterocycles. The second-order valence-corrected chi connectivity index (χ2v) is 10.9. The van der Waals surface area contributed by atoms with Gasteiger partial charge >= 0.3 is 0 Å². The van der Waals surface area contributed by atoms with Crippen LogP contribution in [0, 0.1) is 0 Å². The van der Waals surface area contributed by atoms with Gasteiger partial charge in [-0.25, -0.2) is 12.8 Å². The van der Waals surface area contributed by atoms with Crippen molar-refractivity contribution in [2.45, 2.75) is 63.4 Å². The molecule has 180 valence electrons. The number of ether oxygens (including phenoxy) is 1. The minimum Gasteiger partial charge on any atom is -0.360 e. The van der Waals surface area contributed by atoms with Gasteiger partial charge in [-0.1, -0.05) is 38.0 Å². The maximum Gasteiger partial charge on any atom is 0.253 e. The largest absolute Gasteiger partial charge is 0.360 e. The molecule has 1 heterocycles. The molecule has 1 aromatic rings. The number of carbonyl (C=O) groups excluding carboxylic acids is 1. The lowest BCUT2D eigenvalue weighted by atomic mass is 9.84. The Hall–Kier alpha value is -1.55. The molecule has 0 radical (unpaired) electrons. The Bertz CT molecular complexity index is 846. The van der Waals surface area contributed by atoms with Crippen LogP contribution in [0.3, 0.4) is 0 Å². The quantitative estimate of drug-likeness (QED) is 0.468. The number of piperazine rings is 1. The highest BCUT2D eigenvalue weighted by molar-refractivity contribution is 7.89. The van der Waals surface area contributed by atoms with Gasteiger partial charge in [0.25, 0.3) is 5.91 Å². The average molecular weight is 470 g/mol. The highest BCUT2D eigenvalue weighted by Crippen LogP contribution is 2.38. The van der Waals surface area contributed by atoms with E-state index in [9.17, 15) is 17.6 Å². The predicted octanol–water partition coefficient (Wildman–Crippen LogP) is 2.79. The molecule has 9 heteroatoms. The highest BCUT2D eigenvalue weighted by Gasteiger charge is 2.48. The normalized spacial score (nSPS) is 26.9. The summed E-state index contributed by atoms with van der Waals surface area (Å²) in [6.45, 7) is 3.55. The Labute approximate surface area is 191 Å². The zero-order chi connectivity index (χ0) is 23.2. The third-order valence-electron chi connectivity index (χ3n) is 6.70. The van der Waals surface area contributed by atoms with Crippen molar-refractivity contribution in [2.75, 3.05) is 39.0 Å². The van der Waals surface area contributed by atoms with Gasteiger partial charge in [0, 0.05) is 45.3 Å². The van der Waals surface area contributed by atoms with E-state index in [1.54, 1.807) is 24.3 Å². The van der Waals surface area contributed by atoms with Crippen LogP contribution in [0.25, 0.3) is 0 Å². The molecule has 2 aliphatic rings. The zero-order valence-electron chi connectivity index (χ0n) is 19.1. The van der Waals surface area contributed by atoms with Gasteiger partial charge in [0.05, 0.1) is 11.3 Å². The van der Waals surface area contributed by atoms with E-state index in [4.69, 9.17) is 4.74 Å². The van der Waals surface area contributed by atoms with Crippen LogP contribution in [0.5, 0.6) is 0 Å². The second kappa shape index (κ2) is 11.0. The Balaban J connectivity index is 1.83. The van der Waals surface area contributed by atoms with Gasteiger partial charge in [-0.15, -0.1) is 0 Å². The third kappa shape index (κ3) is 5.68. The molecular formula is C23H36FN3O4S. The number of rotatable bonds is 8. The van der Waals surface area contributed by atoms with E-state index in [0.717, 1.165) is 12.8 Å². The Morgan fingerprint density at radius 2 is 1.91 bits per heavy atom. The number of hydrogen-bond donors (Lipinski definition) is 1. The minimum atomic E-state index is -3.27. The van der Waals surface area contributed by atoms with E-state index in [-0.39, 0.29) is 18.1 Å². The molecule has 2 fully saturated rings. The monoisotopic (exact) mass is 469 g/mol. The highest BCUT2D eigenvalue weighted by atomic mass is 32.2. The fourth-order valence-corrected chi connectivity index (χ4v) is 6.57. The number of benzene rings is 1. The molecule has 7 nitrogen and oxygen atoms in total. The van der Waals surface area contributed by atoms with Crippen LogP contribution in [0.15, 0.2) is 30.3 Å². The van der Waals surface area contributed by atoms with Crippen LogP contribution in [-0.2, 0) is 14.8 Å². The first kappa shape index (κ1) is 25.1. The summed E-state index contributed by atoms with van der Waals surface area (Å²) in [7, 11) is -1.74. The van der Waals surface area contributed by atoms with Crippen molar-refractivity contribution in [3.63, 3.8) is 0 Å². The van der Waals surface area contributed by atoms with Crippen LogP contribution in [0.2, 0.25) is 0 Å². The van der Waals surface area contributed by atoms with Crippen molar-refractivity contribution >= 4 is 15.9 Å². The molecule has 0 spiro atoms. The summed E-state index contributed by atoms with van der Waals surface area (Å²) in [6, 6.07) is 8.91. The molecule has 32 heavy (non-hydrogen) atoms. The van der Waals surface area contributed by atoms with Gasteiger partial charge in [0.15, 0.2) is 0 Å². The van der Waals surface area contributed by atoms with E-state index in [2.05, 4.69) is 10.2 Å². The van der Waals surface area contributed by atoms with Crippen LogP contribution in [0.1, 0.15) is 55.8 Å². The summed E-state index contributed by atoms with van der Waals surface area (Å²) in [5.74, 6) is -0.126. The molecule has 3 atom stereocenters. The van der Waals surface area contributed by atoms with Crippen LogP contribution >= 0.6 is 0 Å². The number of nitrogens with zero attached hydrogens (tertiary/aromatic N) is 2. The SMILES string of the molecule is CCCS(=O)(=O)N1CCN(C2(C(NC(=O)c3ccccc3)OC)CCCCC(F)C2)CC1. The number of hydrogen-bond acceptors (Lipinski definition) is 5. The van der Waals surface area contributed by atoms with E-state index in [0.29, 0.717) is 51.0 Å². The van der Waals surface area contributed by atoms with E-state index in [1.165, 1.54) is 11.4 Å². The topological polar surface area (TPSA) is 79.0 Å². The van der Waals surface area contributed by atoms with Crippen molar-refractivity contribution < 1.29 is 22.3 Å². The smallest absolute Gasteiger partial charge is 0.253 e. The van der Waals surface area contributed by atoms with Crippen LogP contribution < -0.4 is 5.32 Å². The lowest BCUT2D eigenvalue weighted by Gasteiger charge is -2.51. The van der Waals surface area contributed by atoms with Crippen molar-refractivity contribution in [3.05, 3.63) is 35.9 Å². The van der Waals surface area contributed by atoms with Gasteiger partial charge in [0.1, 0.15) is 12.4 Å². The summed E-state index contributed by atoms with van der Waals surface area (Å²) in [6.07, 6.45) is 1.93. The molecule has 1 saturated carbocycles. The molecule has 0 aromatic heterocycles. The third-order valence-corrected chi connectivity index (χ3v) is 8.77. The Morgan fingerprint density at radius 3 is 2.53 bits per heavy atom. The standard InChI is InChI=1S/C23H36FN3O4S/c1-3-17-32(29,30)27-15-13-26(14-16-27)23(12-8-7-11-20(24)18-23)22(31-2)25-21(28)19-9-5-4-6-10-19/h4-6,9-10,20,22H,3,7-8,11-18H2,1-2H3,(H,25,28). The zero-order valence-corrected chi connectivity index (χ0v) is 19.9. The number of methoxy groups -OCH3 is 1. The minimum absolute atomic E-state index is 0.137. The van der Waals surface area contributed by atoms with Gasteiger partial charge in [-0.3, -0.25) is 9.69 Å². The van der Waals surface area contributed by atoms with Crippen molar-refractivity contribution in [1.29, 1.82) is 0 Å². The predicted molar refractivity (Wildman–Crippen MR) is 123 cm³/mol. The van der Waals surface area contributed by atoms with Gasteiger partial charge in [-0.05, 0) is 31.4 Å². The second-order valence-electron chi connectivity index (χ2n) is 8.81. The molecular weight excluding hydrogens is 433 g/mol. The fourth-order valence-electron chi connectivity index (χ4n) is 5.08. The molecule has 1 N–H and O–H groups in total. The number of amides is 1. The molecule has 0 bridgehead atoms. The van der Waals surface area contributed by atoms with Gasteiger partial charge < -0.3 is 10.1 Å². The summed E-state index contributed by atoms with van der Waals surface area (Å²) < 4.78 is 47.3. The first-order chi connectivity index (χ1) is 15.3. The number of halogens is 1. The lowest BCUT2D eigenvalue weighted by molar-refractivity contribution is -0.0915. The first-order valence-corrected chi connectivity index (χ1v) is 13.2. The summed E-state index contributed by atoms with van der Waals surface area (Å²) in [4.78, 5) is 15.1. The number of carbonyl (C=O) groups is 1. The summed E-state index contributed by atoms with van der Waals surface area (Å²) in [5.41, 5.74) is -0.207. The average Bonchev–Trinajstić information content (AvgIpc) is 3.00. The summed E-state index contributed by atoms with van der Waals surface area (Å²) >= 11 is 0. The fraction of sp³-hybridized carbons (Fsp3) is 0.696. The molecule has 1 aromatic carbocycles. The van der Waals surface area contributed by atoms with Gasteiger partial charge in [0.2, 0.25) is 10.0 Å².